The Bertz CT molecular complexity index is 1390. The molecule has 1 aromatic carbocycles. The van der Waals surface area contributed by atoms with Gasteiger partial charge in [-0.3, -0.25) is 0 Å². The van der Waals surface area contributed by atoms with Gasteiger partial charge in [-0.05, 0) is 0 Å². The Morgan fingerprint density at radius 1 is 1.14 bits per heavy atom. The monoisotopic (exact) mass is 446 g/mol. The number of nitrogens with two attached hydrogens (primary N) is 1. The molecule has 0 unspecified atom stereocenters. The number of rotatable bonds is 3. The van der Waals surface area contributed by atoms with Crippen molar-refractivity contribution in [3.8, 4) is 11.3 Å². The molecule has 0 fully saturated rings. The molecule has 143 valence electrons. The molecule has 0 saturated heterocycles. The Morgan fingerprint density at radius 2 is 2.00 bits per heavy atom. The molecule has 4 heterocycles. The second-order valence-corrected chi connectivity index (χ2v) is 9.14. The van der Waals surface area contributed by atoms with Crippen LogP contribution >= 0.6 is 0 Å². The summed E-state index contributed by atoms with van der Waals surface area (Å²) in [6, 6.07) is 11.3. The van der Waals surface area contributed by atoms with Gasteiger partial charge in [0.25, 0.3) is 0 Å². The number of hydrogen-bond acceptors (Lipinski definition) is 4. The van der Waals surface area contributed by atoms with Gasteiger partial charge in [-0.2, -0.15) is 0 Å². The maximum absolute atomic E-state index is 11.6. The van der Waals surface area contributed by atoms with Crippen LogP contribution < -0.4 is 14.8 Å². The van der Waals surface area contributed by atoms with Crippen molar-refractivity contribution in [1.82, 2.24) is 29.1 Å². The number of primary amides is 1. The van der Waals surface area contributed by atoms with E-state index in [1.54, 1.807) is 6.20 Å². The van der Waals surface area contributed by atoms with Crippen molar-refractivity contribution in [1.29, 1.82) is 0 Å². The first-order chi connectivity index (χ1) is 14.0. The summed E-state index contributed by atoms with van der Waals surface area (Å²) >= 11 is -0.411. The predicted octanol–water partition coefficient (Wildman–Crippen LogP) is 1.27. The summed E-state index contributed by atoms with van der Waals surface area (Å²) in [6.07, 6.45) is 3.69. The molecule has 0 aliphatic carbocycles. The van der Waals surface area contributed by atoms with Crippen LogP contribution in [0.2, 0.25) is 0 Å². The molecule has 5 aromatic rings. The number of aromatic amines is 1. The summed E-state index contributed by atoms with van der Waals surface area (Å²) in [5.41, 5.74) is 10.8. The van der Waals surface area contributed by atoms with Crippen LogP contribution in [-0.2, 0) is 0 Å². The van der Waals surface area contributed by atoms with Crippen molar-refractivity contribution in [2.75, 3.05) is 0 Å². The zero-order valence-corrected chi connectivity index (χ0v) is 17.7. The van der Waals surface area contributed by atoms with Crippen LogP contribution in [-0.4, -0.2) is 50.9 Å². The van der Waals surface area contributed by atoms with Gasteiger partial charge in [0.2, 0.25) is 0 Å². The third kappa shape index (κ3) is 3.11. The van der Waals surface area contributed by atoms with E-state index >= 15 is 0 Å². The Labute approximate surface area is 172 Å². The summed E-state index contributed by atoms with van der Waals surface area (Å²) in [5, 5.41) is 8.32. The van der Waals surface area contributed by atoms with E-state index in [0.29, 0.717) is 0 Å². The summed E-state index contributed by atoms with van der Waals surface area (Å²) in [7, 11) is 0. The molecule has 29 heavy (non-hydrogen) atoms. The Kier molecular flexibility index (Phi) is 4.03. The number of H-pyrrole nitrogens is 1. The Hall–Kier alpha value is -3.38. The van der Waals surface area contributed by atoms with E-state index in [1.165, 1.54) is 4.57 Å². The van der Waals surface area contributed by atoms with Crippen molar-refractivity contribution in [2.45, 2.75) is 13.8 Å². The molecule has 0 spiro atoms. The molecule has 0 atom stereocenters. The molecule has 0 bridgehead atoms. The topological polar surface area (TPSA) is 107 Å². The van der Waals surface area contributed by atoms with Crippen LogP contribution in [0.25, 0.3) is 27.8 Å². The molecular formula is C20H17AsN7O. The molecule has 4 aromatic heterocycles. The van der Waals surface area contributed by atoms with Gasteiger partial charge in [-0.1, -0.05) is 0 Å². The second kappa shape index (κ2) is 6.60. The maximum atomic E-state index is 11.6. The number of nitrogens with zero attached hydrogens (tertiary/aromatic N) is 5. The molecule has 0 aliphatic rings. The van der Waals surface area contributed by atoms with E-state index < -0.39 is 21.8 Å². The van der Waals surface area contributed by atoms with Gasteiger partial charge in [-0.25, -0.2) is 0 Å². The number of aromatic nitrogens is 6. The molecule has 9 heteroatoms. The fourth-order valence-electron chi connectivity index (χ4n) is 3.38. The normalized spacial score (nSPS) is 11.9. The summed E-state index contributed by atoms with van der Waals surface area (Å²) < 4.78 is 5.45. The average Bonchev–Trinajstić information content (AvgIpc) is 3.38. The van der Waals surface area contributed by atoms with E-state index in [9.17, 15) is 4.79 Å². The Balaban J connectivity index is 1.64. The quantitative estimate of drug-likeness (QED) is 0.407. The molecule has 3 N–H and O–H groups in total. The van der Waals surface area contributed by atoms with Crippen molar-refractivity contribution in [3.05, 3.63) is 60.2 Å². The van der Waals surface area contributed by atoms with E-state index in [1.807, 2.05) is 54.8 Å². The van der Waals surface area contributed by atoms with Crippen LogP contribution in [0.4, 0.5) is 4.79 Å². The molecule has 8 nitrogen and oxygen atoms in total. The van der Waals surface area contributed by atoms with Gasteiger partial charge in [0, 0.05) is 0 Å². The fraction of sp³-hybridized carbons (Fsp3) is 0.100. The number of imidazole rings is 1. The summed E-state index contributed by atoms with van der Waals surface area (Å²) in [5.74, 6) is 0. The number of aryl methyl sites for hydroxylation is 2. The van der Waals surface area contributed by atoms with Crippen LogP contribution in [0, 0.1) is 13.8 Å². The standard InChI is InChI=1S/C20H17AsN7O/c1-11-7-17(26-25-11)21-19-24-15(9-18-23-12(2)10-28(18)19)13-3-4-16-14(8-13)5-6-27(16)20(22)29/h3-10H,1-2H3,(H2,22,29)(H,25,26). The van der Waals surface area contributed by atoms with Crippen molar-refractivity contribution < 1.29 is 4.79 Å². The number of nitrogens with one attached hydrogen (secondary N) is 1. The fourth-order valence-corrected chi connectivity index (χ4v) is 5.45. The van der Waals surface area contributed by atoms with Crippen LogP contribution in [0.15, 0.2) is 48.8 Å². The summed E-state index contributed by atoms with van der Waals surface area (Å²) in [6.45, 7) is 3.97. The summed E-state index contributed by atoms with van der Waals surface area (Å²) in [4.78, 5) is 21.1. The van der Waals surface area contributed by atoms with Crippen molar-refractivity contribution in [2.24, 2.45) is 5.73 Å². The van der Waals surface area contributed by atoms with E-state index in [4.69, 9.17) is 10.7 Å². The molecule has 0 saturated carbocycles. The first-order valence-corrected chi connectivity index (χ1v) is 10.9. The van der Waals surface area contributed by atoms with Gasteiger partial charge in [-0.15, -0.1) is 0 Å². The van der Waals surface area contributed by atoms with Crippen molar-refractivity contribution >= 4 is 47.4 Å². The van der Waals surface area contributed by atoms with Gasteiger partial charge in [0.1, 0.15) is 0 Å². The van der Waals surface area contributed by atoms with E-state index in [2.05, 4.69) is 21.2 Å². The zero-order chi connectivity index (χ0) is 20.1. The number of hydrogen-bond donors (Lipinski definition) is 2. The van der Waals surface area contributed by atoms with Gasteiger partial charge in [0.05, 0.1) is 0 Å². The van der Waals surface area contributed by atoms with Gasteiger partial charge in [0.15, 0.2) is 0 Å². The number of carbonyl (C=O) groups excluding carboxylic acids is 1. The first-order valence-electron chi connectivity index (χ1n) is 9.00. The third-order valence-corrected chi connectivity index (χ3v) is 6.73. The minimum atomic E-state index is -0.499. The van der Waals surface area contributed by atoms with Gasteiger partial charge < -0.3 is 0 Å². The van der Waals surface area contributed by atoms with E-state index in [-0.39, 0.29) is 0 Å². The molecule has 1 amide bonds. The molecule has 1 radical (unpaired) electrons. The SMILES string of the molecule is Cc1cn2c([As]c3cc(C)[nH]n3)nc(-c3ccc4c(ccn4C(N)=O)c3)cc2n1. The van der Waals surface area contributed by atoms with Crippen molar-refractivity contribution in [3.63, 3.8) is 0 Å². The van der Waals surface area contributed by atoms with Crippen LogP contribution in [0.1, 0.15) is 11.4 Å². The Morgan fingerprint density at radius 3 is 2.76 bits per heavy atom. The van der Waals surface area contributed by atoms with Crippen LogP contribution in [0.5, 0.6) is 0 Å². The number of carbonyl (C=O) groups is 1. The molecular weight excluding hydrogens is 429 g/mol. The number of benzene rings is 1. The molecule has 0 aliphatic heterocycles. The average molecular weight is 446 g/mol. The predicted molar refractivity (Wildman–Crippen MR) is 112 cm³/mol. The second-order valence-electron chi connectivity index (χ2n) is 6.87. The molecule has 5 rings (SSSR count). The zero-order valence-electron chi connectivity index (χ0n) is 15.8. The third-order valence-electron chi connectivity index (χ3n) is 4.69. The van der Waals surface area contributed by atoms with Crippen LogP contribution in [0.3, 0.4) is 0 Å². The van der Waals surface area contributed by atoms with Gasteiger partial charge >= 0.3 is 172 Å². The minimum absolute atomic E-state index is 0.411. The van der Waals surface area contributed by atoms with E-state index in [0.717, 1.165) is 48.3 Å². The first kappa shape index (κ1) is 17.7. The number of amides is 1. The number of fused-ring (bicyclic) bond motifs is 2.